The zero-order chi connectivity index (χ0) is 14.5. The molecule has 0 bridgehead atoms. The molecule has 4 nitrogen and oxygen atoms in total. The van der Waals surface area contributed by atoms with Gasteiger partial charge in [0, 0.05) is 19.0 Å². The molecule has 0 amide bonds. The van der Waals surface area contributed by atoms with Crippen molar-refractivity contribution in [3.8, 4) is 0 Å². The van der Waals surface area contributed by atoms with Gasteiger partial charge in [0.1, 0.15) is 5.82 Å². The quantitative estimate of drug-likeness (QED) is 0.603. The van der Waals surface area contributed by atoms with Crippen molar-refractivity contribution in [2.75, 3.05) is 0 Å². The standard InChI is InChI=1S/C16H26N4/c1-4-12(3)10-13(19-17)11-16-18-14-8-6-7-9-15(14)20(16)5-2/h6-9,12-13,19H,4-5,10-11,17H2,1-3H3. The van der Waals surface area contributed by atoms with Crippen LogP contribution in [0.4, 0.5) is 0 Å². The number of aryl methyl sites for hydroxylation is 1. The molecule has 4 heteroatoms. The highest BCUT2D eigenvalue weighted by Gasteiger charge is 2.16. The molecule has 110 valence electrons. The number of para-hydroxylation sites is 2. The Morgan fingerprint density at radius 3 is 2.70 bits per heavy atom. The number of nitrogens with one attached hydrogen (secondary N) is 1. The first kappa shape index (κ1) is 15.0. The van der Waals surface area contributed by atoms with Gasteiger partial charge in [-0.1, -0.05) is 32.4 Å². The molecule has 20 heavy (non-hydrogen) atoms. The average Bonchev–Trinajstić information content (AvgIpc) is 2.83. The minimum Gasteiger partial charge on any atom is -0.328 e. The van der Waals surface area contributed by atoms with Gasteiger partial charge in [-0.05, 0) is 31.4 Å². The van der Waals surface area contributed by atoms with Gasteiger partial charge in [0.25, 0.3) is 0 Å². The maximum atomic E-state index is 5.72. The summed E-state index contributed by atoms with van der Waals surface area (Å²) in [5.41, 5.74) is 5.24. The summed E-state index contributed by atoms with van der Waals surface area (Å²) in [6.07, 6.45) is 3.14. The highest BCUT2D eigenvalue weighted by atomic mass is 15.2. The van der Waals surface area contributed by atoms with Crippen LogP contribution in [0.15, 0.2) is 24.3 Å². The van der Waals surface area contributed by atoms with Crippen molar-refractivity contribution in [2.24, 2.45) is 11.8 Å². The van der Waals surface area contributed by atoms with E-state index < -0.39 is 0 Å². The fourth-order valence-electron chi connectivity index (χ4n) is 2.72. The third-order valence-corrected chi connectivity index (χ3v) is 4.10. The van der Waals surface area contributed by atoms with Gasteiger partial charge in [-0.3, -0.25) is 11.3 Å². The lowest BCUT2D eigenvalue weighted by Gasteiger charge is -2.19. The average molecular weight is 274 g/mol. The van der Waals surface area contributed by atoms with Crippen LogP contribution in [0.5, 0.6) is 0 Å². The van der Waals surface area contributed by atoms with Gasteiger partial charge in [-0.25, -0.2) is 4.98 Å². The van der Waals surface area contributed by atoms with Crippen molar-refractivity contribution in [3.63, 3.8) is 0 Å². The summed E-state index contributed by atoms with van der Waals surface area (Å²) in [5, 5.41) is 0. The van der Waals surface area contributed by atoms with Crippen molar-refractivity contribution in [1.29, 1.82) is 0 Å². The van der Waals surface area contributed by atoms with Gasteiger partial charge in [0.05, 0.1) is 11.0 Å². The number of benzene rings is 1. The Hall–Kier alpha value is -1.39. The molecule has 1 aromatic heterocycles. The first-order chi connectivity index (χ1) is 9.69. The molecule has 3 N–H and O–H groups in total. The number of nitrogens with two attached hydrogens (primary N) is 1. The van der Waals surface area contributed by atoms with Gasteiger partial charge in [-0.2, -0.15) is 0 Å². The molecule has 0 aliphatic rings. The Bertz CT molecular complexity index is 546. The Morgan fingerprint density at radius 2 is 2.05 bits per heavy atom. The number of imidazole rings is 1. The maximum Gasteiger partial charge on any atom is 0.111 e. The molecule has 1 aromatic carbocycles. The lowest BCUT2D eigenvalue weighted by atomic mass is 9.97. The molecule has 0 aliphatic carbocycles. The molecule has 0 saturated heterocycles. The summed E-state index contributed by atoms with van der Waals surface area (Å²) in [5.74, 6) is 7.52. The molecule has 2 rings (SSSR count). The molecule has 2 aromatic rings. The van der Waals surface area contributed by atoms with Crippen molar-refractivity contribution >= 4 is 11.0 Å². The lowest BCUT2D eigenvalue weighted by molar-refractivity contribution is 0.389. The fraction of sp³-hybridized carbons (Fsp3) is 0.562. The van der Waals surface area contributed by atoms with E-state index in [1.165, 1.54) is 11.9 Å². The zero-order valence-electron chi connectivity index (χ0n) is 12.8. The summed E-state index contributed by atoms with van der Waals surface area (Å²) >= 11 is 0. The van der Waals surface area contributed by atoms with Crippen LogP contribution in [0.2, 0.25) is 0 Å². The smallest absolute Gasteiger partial charge is 0.111 e. The summed E-state index contributed by atoms with van der Waals surface area (Å²) in [4.78, 5) is 4.77. The molecule has 2 unspecified atom stereocenters. The second kappa shape index (κ2) is 6.86. The monoisotopic (exact) mass is 274 g/mol. The minimum atomic E-state index is 0.284. The largest absolute Gasteiger partial charge is 0.328 e. The molecular formula is C16H26N4. The Morgan fingerprint density at radius 1 is 1.30 bits per heavy atom. The second-order valence-corrected chi connectivity index (χ2v) is 5.58. The Balaban J connectivity index is 2.23. The molecule has 0 fully saturated rings. The maximum absolute atomic E-state index is 5.72. The number of fused-ring (bicyclic) bond motifs is 1. The molecule has 2 atom stereocenters. The topological polar surface area (TPSA) is 55.9 Å². The Kier molecular flexibility index (Phi) is 5.15. The zero-order valence-corrected chi connectivity index (χ0v) is 12.8. The minimum absolute atomic E-state index is 0.284. The number of hydrazine groups is 1. The number of hydrogen-bond donors (Lipinski definition) is 2. The van der Waals surface area contributed by atoms with Crippen LogP contribution in [-0.4, -0.2) is 15.6 Å². The highest BCUT2D eigenvalue weighted by Crippen LogP contribution is 2.19. The van der Waals surface area contributed by atoms with Crippen LogP contribution in [0.1, 0.15) is 39.4 Å². The van der Waals surface area contributed by atoms with Crippen molar-refractivity contribution in [3.05, 3.63) is 30.1 Å². The van der Waals surface area contributed by atoms with Crippen LogP contribution in [0, 0.1) is 5.92 Å². The van der Waals surface area contributed by atoms with Crippen LogP contribution < -0.4 is 11.3 Å². The highest BCUT2D eigenvalue weighted by molar-refractivity contribution is 5.75. The molecule has 0 aliphatic heterocycles. The third kappa shape index (κ3) is 3.19. The molecule has 0 radical (unpaired) electrons. The van der Waals surface area contributed by atoms with E-state index in [9.17, 15) is 0 Å². The predicted molar refractivity (Wildman–Crippen MR) is 84.3 cm³/mol. The van der Waals surface area contributed by atoms with E-state index in [-0.39, 0.29) is 6.04 Å². The van der Waals surface area contributed by atoms with Crippen LogP contribution in [0.25, 0.3) is 11.0 Å². The number of aromatic nitrogens is 2. The molecule has 1 heterocycles. The predicted octanol–water partition coefficient (Wildman–Crippen LogP) is 2.87. The Labute approximate surface area is 121 Å². The van der Waals surface area contributed by atoms with E-state index in [0.29, 0.717) is 5.92 Å². The summed E-state index contributed by atoms with van der Waals surface area (Å²) in [6.45, 7) is 7.60. The van der Waals surface area contributed by atoms with E-state index in [1.807, 2.05) is 6.07 Å². The second-order valence-electron chi connectivity index (χ2n) is 5.58. The summed E-state index contributed by atoms with van der Waals surface area (Å²) < 4.78 is 2.29. The van der Waals surface area contributed by atoms with Gasteiger partial charge in [0.15, 0.2) is 0 Å². The first-order valence-electron chi connectivity index (χ1n) is 7.59. The van der Waals surface area contributed by atoms with Gasteiger partial charge in [-0.15, -0.1) is 0 Å². The van der Waals surface area contributed by atoms with E-state index in [2.05, 4.69) is 49.0 Å². The van der Waals surface area contributed by atoms with Crippen molar-refractivity contribution in [1.82, 2.24) is 15.0 Å². The summed E-state index contributed by atoms with van der Waals surface area (Å²) in [7, 11) is 0. The van der Waals surface area contributed by atoms with Gasteiger partial charge < -0.3 is 4.57 Å². The van der Waals surface area contributed by atoms with Gasteiger partial charge in [0.2, 0.25) is 0 Å². The molecule has 0 spiro atoms. The van der Waals surface area contributed by atoms with E-state index >= 15 is 0 Å². The number of hydrogen-bond acceptors (Lipinski definition) is 3. The van der Waals surface area contributed by atoms with Crippen molar-refractivity contribution in [2.45, 2.75) is 52.6 Å². The van der Waals surface area contributed by atoms with Crippen molar-refractivity contribution < 1.29 is 0 Å². The molecular weight excluding hydrogens is 248 g/mol. The van der Waals surface area contributed by atoms with Crippen LogP contribution in [0.3, 0.4) is 0 Å². The third-order valence-electron chi connectivity index (χ3n) is 4.10. The fourth-order valence-corrected chi connectivity index (χ4v) is 2.72. The SMILES string of the molecule is CCC(C)CC(Cc1nc2ccccc2n1CC)NN. The first-order valence-corrected chi connectivity index (χ1v) is 7.59. The van der Waals surface area contributed by atoms with E-state index in [1.54, 1.807) is 0 Å². The van der Waals surface area contributed by atoms with Crippen LogP contribution in [-0.2, 0) is 13.0 Å². The van der Waals surface area contributed by atoms with Crippen LogP contribution >= 0.6 is 0 Å². The normalized spacial score (nSPS) is 14.6. The summed E-state index contributed by atoms with van der Waals surface area (Å²) in [6, 6.07) is 8.60. The number of nitrogens with zero attached hydrogens (tertiary/aromatic N) is 2. The van der Waals surface area contributed by atoms with E-state index in [0.717, 1.165) is 30.7 Å². The lowest BCUT2D eigenvalue weighted by Crippen LogP contribution is -2.38. The van der Waals surface area contributed by atoms with E-state index in [4.69, 9.17) is 10.8 Å². The number of rotatable bonds is 7. The molecule has 0 saturated carbocycles. The van der Waals surface area contributed by atoms with Gasteiger partial charge >= 0.3 is 0 Å².